The minimum Gasteiger partial charge on any atom is -0.330 e. The summed E-state index contributed by atoms with van der Waals surface area (Å²) >= 11 is 0. The molecule has 18 heavy (non-hydrogen) atoms. The molecule has 0 bridgehead atoms. The summed E-state index contributed by atoms with van der Waals surface area (Å²) in [6.45, 7) is 0.459. The lowest BCUT2D eigenvalue weighted by atomic mass is 10.1. The van der Waals surface area contributed by atoms with Gasteiger partial charge in [-0.05, 0) is 42.5 Å². The van der Waals surface area contributed by atoms with Crippen LogP contribution in [0.1, 0.15) is 17.9 Å². The molecule has 2 atom stereocenters. The van der Waals surface area contributed by atoms with Crippen LogP contribution in [0, 0.1) is 5.92 Å². The Balaban J connectivity index is 2.35. The van der Waals surface area contributed by atoms with Gasteiger partial charge in [0.1, 0.15) is 0 Å². The first-order valence-corrected chi connectivity index (χ1v) is 6.87. The van der Waals surface area contributed by atoms with E-state index in [1.165, 1.54) is 6.07 Å². The Bertz CT molecular complexity index is 554. The highest BCUT2D eigenvalue weighted by molar-refractivity contribution is 7.92. The SMILES string of the molecule is NCC1CC1c1cccc(S(=O)(=O)C(F)(F)F)c1. The van der Waals surface area contributed by atoms with Crippen molar-refractivity contribution in [1.29, 1.82) is 0 Å². The van der Waals surface area contributed by atoms with E-state index in [0.717, 1.165) is 18.6 Å². The summed E-state index contributed by atoms with van der Waals surface area (Å²) in [5.74, 6) is 0.326. The molecule has 1 aromatic carbocycles. The molecular formula is C11H12F3NO2S. The van der Waals surface area contributed by atoms with Gasteiger partial charge in [0.15, 0.2) is 0 Å². The first-order valence-electron chi connectivity index (χ1n) is 5.38. The largest absolute Gasteiger partial charge is 0.501 e. The van der Waals surface area contributed by atoms with E-state index in [1.54, 1.807) is 6.07 Å². The van der Waals surface area contributed by atoms with Gasteiger partial charge >= 0.3 is 5.51 Å². The smallest absolute Gasteiger partial charge is 0.330 e. The van der Waals surface area contributed by atoms with Crippen LogP contribution >= 0.6 is 0 Å². The fourth-order valence-corrected chi connectivity index (χ4v) is 2.78. The van der Waals surface area contributed by atoms with E-state index in [2.05, 4.69) is 0 Å². The average molecular weight is 279 g/mol. The quantitative estimate of drug-likeness (QED) is 0.921. The summed E-state index contributed by atoms with van der Waals surface area (Å²) in [6, 6.07) is 5.03. The van der Waals surface area contributed by atoms with Gasteiger partial charge in [-0.2, -0.15) is 13.2 Å². The Labute approximate surface area is 103 Å². The van der Waals surface area contributed by atoms with Crippen molar-refractivity contribution in [2.75, 3.05) is 6.54 Å². The zero-order valence-corrected chi connectivity index (χ0v) is 10.1. The highest BCUT2D eigenvalue weighted by Gasteiger charge is 2.47. The molecule has 2 unspecified atom stereocenters. The van der Waals surface area contributed by atoms with Crippen LogP contribution in [0.25, 0.3) is 0 Å². The molecule has 7 heteroatoms. The van der Waals surface area contributed by atoms with Crippen molar-refractivity contribution in [3.8, 4) is 0 Å². The number of benzene rings is 1. The number of sulfone groups is 1. The number of halogens is 3. The molecule has 2 N–H and O–H groups in total. The van der Waals surface area contributed by atoms with Gasteiger partial charge in [0.2, 0.25) is 0 Å². The highest BCUT2D eigenvalue weighted by Crippen LogP contribution is 2.47. The van der Waals surface area contributed by atoms with Crippen LogP contribution in [-0.2, 0) is 9.84 Å². The first-order chi connectivity index (χ1) is 8.27. The number of hydrogen-bond acceptors (Lipinski definition) is 3. The van der Waals surface area contributed by atoms with E-state index in [0.29, 0.717) is 12.1 Å². The standard InChI is InChI=1S/C11H12F3NO2S/c12-11(13,14)18(16,17)9-3-1-2-7(4-9)10-5-8(10)6-15/h1-4,8,10H,5-6,15H2. The lowest BCUT2D eigenvalue weighted by molar-refractivity contribution is -0.0436. The molecule has 1 aromatic rings. The molecular weight excluding hydrogens is 267 g/mol. The van der Waals surface area contributed by atoms with Gasteiger partial charge in [0.25, 0.3) is 9.84 Å². The van der Waals surface area contributed by atoms with Crippen LogP contribution in [0.4, 0.5) is 13.2 Å². The number of alkyl halides is 3. The molecule has 1 saturated carbocycles. The van der Waals surface area contributed by atoms with E-state index < -0.39 is 20.2 Å². The van der Waals surface area contributed by atoms with E-state index >= 15 is 0 Å². The fraction of sp³-hybridized carbons (Fsp3) is 0.455. The van der Waals surface area contributed by atoms with E-state index in [9.17, 15) is 21.6 Å². The Hall–Kier alpha value is -1.08. The van der Waals surface area contributed by atoms with Crippen molar-refractivity contribution in [2.24, 2.45) is 11.7 Å². The summed E-state index contributed by atoms with van der Waals surface area (Å²) in [6.07, 6.45) is 0.798. The summed E-state index contributed by atoms with van der Waals surface area (Å²) in [5, 5.41) is 0. The summed E-state index contributed by atoms with van der Waals surface area (Å²) in [7, 11) is -5.26. The molecule has 0 aromatic heterocycles. The fourth-order valence-electron chi connectivity index (χ4n) is 1.96. The second-order valence-electron chi connectivity index (χ2n) is 4.36. The van der Waals surface area contributed by atoms with Gasteiger partial charge in [-0.1, -0.05) is 12.1 Å². The molecule has 0 spiro atoms. The third-order valence-corrected chi connectivity index (χ3v) is 4.61. The molecule has 1 fully saturated rings. The van der Waals surface area contributed by atoms with E-state index in [-0.39, 0.29) is 11.8 Å². The van der Waals surface area contributed by atoms with Crippen LogP contribution < -0.4 is 5.73 Å². The van der Waals surface area contributed by atoms with Crippen molar-refractivity contribution < 1.29 is 21.6 Å². The lowest BCUT2D eigenvalue weighted by Crippen LogP contribution is -2.23. The maximum atomic E-state index is 12.4. The molecule has 0 radical (unpaired) electrons. The highest BCUT2D eigenvalue weighted by atomic mass is 32.2. The topological polar surface area (TPSA) is 60.2 Å². The molecule has 100 valence electrons. The first kappa shape index (κ1) is 13.4. The van der Waals surface area contributed by atoms with Crippen molar-refractivity contribution >= 4 is 9.84 Å². The van der Waals surface area contributed by atoms with Gasteiger partial charge in [-0.15, -0.1) is 0 Å². The Morgan fingerprint density at radius 1 is 1.33 bits per heavy atom. The van der Waals surface area contributed by atoms with Crippen molar-refractivity contribution in [3.05, 3.63) is 29.8 Å². The molecule has 2 rings (SSSR count). The predicted octanol–water partition coefficient (Wildman–Crippen LogP) is 2.04. The van der Waals surface area contributed by atoms with Crippen LogP contribution in [0.3, 0.4) is 0 Å². The van der Waals surface area contributed by atoms with Gasteiger partial charge in [-0.3, -0.25) is 0 Å². The van der Waals surface area contributed by atoms with Crippen LogP contribution in [0.2, 0.25) is 0 Å². The zero-order chi connectivity index (χ0) is 13.6. The van der Waals surface area contributed by atoms with Crippen LogP contribution in [0.5, 0.6) is 0 Å². The minimum atomic E-state index is -5.26. The van der Waals surface area contributed by atoms with Crippen molar-refractivity contribution in [3.63, 3.8) is 0 Å². The van der Waals surface area contributed by atoms with Gasteiger partial charge < -0.3 is 5.73 Å². The Kier molecular flexibility index (Phi) is 3.14. The van der Waals surface area contributed by atoms with Crippen molar-refractivity contribution in [2.45, 2.75) is 22.7 Å². The third kappa shape index (κ3) is 2.24. The van der Waals surface area contributed by atoms with Crippen LogP contribution in [0.15, 0.2) is 29.2 Å². The number of hydrogen-bond donors (Lipinski definition) is 1. The van der Waals surface area contributed by atoms with Gasteiger partial charge in [0.05, 0.1) is 4.90 Å². The summed E-state index contributed by atoms with van der Waals surface area (Å²) < 4.78 is 59.7. The predicted molar refractivity (Wildman–Crippen MR) is 59.6 cm³/mol. The molecule has 3 nitrogen and oxygen atoms in total. The maximum absolute atomic E-state index is 12.4. The molecule has 0 amide bonds. The van der Waals surface area contributed by atoms with Gasteiger partial charge in [0, 0.05) is 0 Å². The van der Waals surface area contributed by atoms with Crippen LogP contribution in [-0.4, -0.2) is 20.5 Å². The monoisotopic (exact) mass is 279 g/mol. The molecule has 1 aliphatic rings. The van der Waals surface area contributed by atoms with E-state index in [4.69, 9.17) is 5.73 Å². The average Bonchev–Trinajstić information content (AvgIpc) is 3.07. The molecule has 0 saturated heterocycles. The zero-order valence-electron chi connectivity index (χ0n) is 9.31. The minimum absolute atomic E-state index is 0.0818. The second kappa shape index (κ2) is 4.24. The number of nitrogens with two attached hydrogens (primary N) is 1. The Morgan fingerprint density at radius 3 is 2.50 bits per heavy atom. The maximum Gasteiger partial charge on any atom is 0.501 e. The molecule has 0 heterocycles. The molecule has 1 aliphatic carbocycles. The third-order valence-electron chi connectivity index (χ3n) is 3.13. The Morgan fingerprint density at radius 2 is 2.00 bits per heavy atom. The number of rotatable bonds is 3. The molecule has 0 aliphatic heterocycles. The van der Waals surface area contributed by atoms with Gasteiger partial charge in [-0.25, -0.2) is 8.42 Å². The van der Waals surface area contributed by atoms with E-state index in [1.807, 2.05) is 0 Å². The summed E-state index contributed by atoms with van der Waals surface area (Å²) in [4.78, 5) is -0.699. The van der Waals surface area contributed by atoms with Crippen molar-refractivity contribution in [1.82, 2.24) is 0 Å². The lowest BCUT2D eigenvalue weighted by Gasteiger charge is -2.09. The normalized spacial score (nSPS) is 24.0. The second-order valence-corrected chi connectivity index (χ2v) is 6.30. The summed E-state index contributed by atoms with van der Waals surface area (Å²) in [5.41, 5.74) is 0.802.